The number of halogens is 1. The minimum atomic E-state index is -0.141. The predicted molar refractivity (Wildman–Crippen MR) is 75.1 cm³/mol. The summed E-state index contributed by atoms with van der Waals surface area (Å²) in [7, 11) is 1.47. The van der Waals surface area contributed by atoms with Gasteiger partial charge in [-0.15, -0.1) is 0 Å². The number of benzene rings is 1. The Balaban J connectivity index is 2.32. The van der Waals surface area contributed by atoms with Gasteiger partial charge in [0.25, 0.3) is 0 Å². The molecule has 2 rings (SSSR count). The lowest BCUT2D eigenvalue weighted by atomic mass is 10.0. The number of aromatic nitrogens is 1. The molecule has 0 radical (unpaired) electrons. The summed E-state index contributed by atoms with van der Waals surface area (Å²) in [5, 5.41) is 0.389. The molecule has 0 unspecified atom stereocenters. The van der Waals surface area contributed by atoms with E-state index in [2.05, 4.69) is 11.9 Å². The molecule has 0 bridgehead atoms. The van der Waals surface area contributed by atoms with E-state index < -0.39 is 0 Å². The molecule has 0 aliphatic carbocycles. The number of methoxy groups -OCH3 is 1. The molecule has 1 heterocycles. The van der Waals surface area contributed by atoms with Gasteiger partial charge >= 0.3 is 0 Å². The van der Waals surface area contributed by atoms with E-state index in [9.17, 15) is 4.79 Å². The molecule has 0 aliphatic rings. The van der Waals surface area contributed by atoms with Gasteiger partial charge in [0.2, 0.25) is 11.7 Å². The summed E-state index contributed by atoms with van der Waals surface area (Å²) in [6.07, 6.45) is 0.946. The second-order valence-electron chi connectivity index (χ2n) is 4.07. The number of carbonyl (C=O) groups excluding carboxylic acids is 1. The number of hydrogen-bond acceptors (Lipinski definition) is 3. The average molecular weight is 276 g/mol. The van der Waals surface area contributed by atoms with Crippen molar-refractivity contribution in [1.82, 2.24) is 4.98 Å². The molecule has 4 heteroatoms. The number of ether oxygens (including phenoxy) is 1. The smallest absolute Gasteiger partial charge is 0.232 e. The molecule has 0 saturated heterocycles. The van der Waals surface area contributed by atoms with Gasteiger partial charge < -0.3 is 4.74 Å². The van der Waals surface area contributed by atoms with Crippen molar-refractivity contribution in [2.75, 3.05) is 7.11 Å². The Morgan fingerprint density at radius 3 is 2.47 bits per heavy atom. The van der Waals surface area contributed by atoms with Crippen molar-refractivity contribution >= 4 is 17.4 Å². The van der Waals surface area contributed by atoms with Gasteiger partial charge in [0.05, 0.1) is 7.11 Å². The molecule has 0 atom stereocenters. The number of ketones is 1. The molecule has 19 heavy (non-hydrogen) atoms. The highest BCUT2D eigenvalue weighted by molar-refractivity contribution is 6.31. The number of rotatable bonds is 4. The molecule has 0 amide bonds. The van der Waals surface area contributed by atoms with Crippen LogP contribution in [0, 0.1) is 0 Å². The van der Waals surface area contributed by atoms with E-state index in [1.807, 2.05) is 24.3 Å². The largest absolute Gasteiger partial charge is 0.480 e. The molecule has 0 N–H and O–H groups in total. The summed E-state index contributed by atoms with van der Waals surface area (Å²) >= 11 is 5.89. The quantitative estimate of drug-likeness (QED) is 0.801. The van der Waals surface area contributed by atoms with Crippen LogP contribution >= 0.6 is 11.6 Å². The number of hydrogen-bond donors (Lipinski definition) is 0. The zero-order valence-electron chi connectivity index (χ0n) is 10.8. The van der Waals surface area contributed by atoms with Crippen molar-refractivity contribution in [1.29, 1.82) is 0 Å². The molecule has 98 valence electrons. The van der Waals surface area contributed by atoms with Crippen molar-refractivity contribution in [3.63, 3.8) is 0 Å². The van der Waals surface area contributed by atoms with Crippen LogP contribution in [0.15, 0.2) is 36.4 Å². The summed E-state index contributed by atoms with van der Waals surface area (Å²) in [6.45, 7) is 2.07. The second-order valence-corrected chi connectivity index (χ2v) is 4.47. The van der Waals surface area contributed by atoms with Gasteiger partial charge in [-0.2, -0.15) is 0 Å². The molecule has 0 fully saturated rings. The lowest BCUT2D eigenvalue weighted by Crippen LogP contribution is -2.05. The first-order valence-electron chi connectivity index (χ1n) is 6.00. The minimum absolute atomic E-state index is 0.141. The summed E-state index contributed by atoms with van der Waals surface area (Å²) < 4.78 is 5.01. The van der Waals surface area contributed by atoms with Crippen LogP contribution in [0.5, 0.6) is 5.88 Å². The lowest BCUT2D eigenvalue weighted by molar-refractivity contribution is 0.103. The highest BCUT2D eigenvalue weighted by Gasteiger charge is 2.13. The topological polar surface area (TPSA) is 39.2 Å². The predicted octanol–water partition coefficient (Wildman–Crippen LogP) is 3.54. The lowest BCUT2D eigenvalue weighted by Gasteiger charge is -2.05. The van der Waals surface area contributed by atoms with Gasteiger partial charge in [-0.05, 0) is 24.1 Å². The Bertz CT molecular complexity index is 594. The van der Waals surface area contributed by atoms with Crippen molar-refractivity contribution < 1.29 is 9.53 Å². The maximum atomic E-state index is 12.3. The molecule has 0 saturated carbocycles. The van der Waals surface area contributed by atoms with Crippen LogP contribution in [-0.4, -0.2) is 17.9 Å². The first-order valence-corrected chi connectivity index (χ1v) is 6.37. The van der Waals surface area contributed by atoms with E-state index in [0.717, 1.165) is 6.42 Å². The fourth-order valence-corrected chi connectivity index (χ4v) is 1.92. The molecular weight excluding hydrogens is 262 g/mol. The van der Waals surface area contributed by atoms with E-state index in [4.69, 9.17) is 16.3 Å². The van der Waals surface area contributed by atoms with E-state index in [1.165, 1.54) is 12.7 Å². The Morgan fingerprint density at radius 2 is 1.89 bits per heavy atom. The van der Waals surface area contributed by atoms with Gasteiger partial charge in [0, 0.05) is 5.56 Å². The van der Waals surface area contributed by atoms with Gasteiger partial charge in [-0.25, -0.2) is 4.98 Å². The van der Waals surface area contributed by atoms with E-state index in [1.54, 1.807) is 12.1 Å². The Kier molecular flexibility index (Phi) is 4.17. The standard InChI is InChI=1S/C15H14ClNO2/c1-3-10-4-6-11(7-5-10)14(18)13-9-8-12(16)15(17-13)19-2/h4-9H,3H2,1-2H3. The van der Waals surface area contributed by atoms with Gasteiger partial charge in [0.1, 0.15) is 10.7 Å². The van der Waals surface area contributed by atoms with E-state index in [0.29, 0.717) is 16.3 Å². The zero-order chi connectivity index (χ0) is 13.8. The minimum Gasteiger partial charge on any atom is -0.480 e. The molecule has 1 aromatic carbocycles. The number of carbonyl (C=O) groups is 1. The Labute approximate surface area is 117 Å². The van der Waals surface area contributed by atoms with E-state index in [-0.39, 0.29) is 11.7 Å². The van der Waals surface area contributed by atoms with Gasteiger partial charge in [-0.3, -0.25) is 4.79 Å². The molecule has 1 aromatic heterocycles. The summed E-state index contributed by atoms with van der Waals surface area (Å²) in [4.78, 5) is 16.4. The Hall–Kier alpha value is -1.87. The normalized spacial score (nSPS) is 10.3. The average Bonchev–Trinajstić information content (AvgIpc) is 2.47. The monoisotopic (exact) mass is 275 g/mol. The molecule has 2 aromatic rings. The summed E-state index contributed by atoms with van der Waals surface area (Å²) in [6, 6.07) is 10.7. The maximum Gasteiger partial charge on any atom is 0.232 e. The van der Waals surface area contributed by atoms with Crippen LogP contribution in [0.4, 0.5) is 0 Å². The van der Waals surface area contributed by atoms with Crippen LogP contribution in [0.2, 0.25) is 5.02 Å². The van der Waals surface area contributed by atoms with Crippen LogP contribution in [-0.2, 0) is 6.42 Å². The third kappa shape index (κ3) is 2.93. The van der Waals surface area contributed by atoms with Crippen molar-refractivity contribution in [2.45, 2.75) is 13.3 Å². The Morgan fingerprint density at radius 1 is 1.21 bits per heavy atom. The van der Waals surface area contributed by atoms with Crippen molar-refractivity contribution in [3.8, 4) is 5.88 Å². The molecule has 3 nitrogen and oxygen atoms in total. The zero-order valence-corrected chi connectivity index (χ0v) is 11.6. The van der Waals surface area contributed by atoms with Crippen LogP contribution in [0.25, 0.3) is 0 Å². The van der Waals surface area contributed by atoms with Crippen LogP contribution < -0.4 is 4.74 Å². The molecular formula is C15H14ClNO2. The summed E-state index contributed by atoms with van der Waals surface area (Å²) in [5.41, 5.74) is 2.12. The molecule has 0 aliphatic heterocycles. The van der Waals surface area contributed by atoms with Crippen molar-refractivity contribution in [2.24, 2.45) is 0 Å². The highest BCUT2D eigenvalue weighted by Crippen LogP contribution is 2.22. The van der Waals surface area contributed by atoms with Gasteiger partial charge in [0.15, 0.2) is 0 Å². The van der Waals surface area contributed by atoms with Crippen LogP contribution in [0.3, 0.4) is 0 Å². The maximum absolute atomic E-state index is 12.3. The van der Waals surface area contributed by atoms with E-state index >= 15 is 0 Å². The number of nitrogens with zero attached hydrogens (tertiary/aromatic N) is 1. The second kappa shape index (κ2) is 5.85. The van der Waals surface area contributed by atoms with Crippen molar-refractivity contribution in [3.05, 3.63) is 58.2 Å². The summed E-state index contributed by atoms with van der Waals surface area (Å²) in [5.74, 6) is 0.121. The van der Waals surface area contributed by atoms with Gasteiger partial charge in [-0.1, -0.05) is 42.8 Å². The highest BCUT2D eigenvalue weighted by atomic mass is 35.5. The fraction of sp³-hybridized carbons (Fsp3) is 0.200. The SMILES string of the molecule is CCc1ccc(C(=O)c2ccc(Cl)c(OC)n2)cc1. The molecule has 0 spiro atoms. The number of aryl methyl sites for hydroxylation is 1. The first-order chi connectivity index (χ1) is 9.15. The third-order valence-corrected chi connectivity index (χ3v) is 3.15. The number of pyridine rings is 1. The fourth-order valence-electron chi connectivity index (χ4n) is 1.73. The van der Waals surface area contributed by atoms with Crippen LogP contribution in [0.1, 0.15) is 28.5 Å². The first kappa shape index (κ1) is 13.6. The third-order valence-electron chi connectivity index (χ3n) is 2.86.